The minimum Gasteiger partial charge on any atom is -0.480 e. The van der Waals surface area contributed by atoms with Gasteiger partial charge in [0.15, 0.2) is 0 Å². The van der Waals surface area contributed by atoms with E-state index in [0.717, 1.165) is 0 Å². The maximum Gasteiger partial charge on any atom is 0.322 e. The molecule has 2 amide bonds. The van der Waals surface area contributed by atoms with Crippen LogP contribution in [0.4, 0.5) is 8.78 Å². The van der Waals surface area contributed by atoms with Crippen molar-refractivity contribution in [1.29, 1.82) is 0 Å². The van der Waals surface area contributed by atoms with E-state index in [1.165, 1.54) is 6.92 Å². The van der Waals surface area contributed by atoms with Crippen molar-refractivity contribution in [3.8, 4) is 0 Å². The number of aliphatic carboxylic acids is 1. The van der Waals surface area contributed by atoms with Crippen LogP contribution >= 0.6 is 0 Å². The van der Waals surface area contributed by atoms with Crippen LogP contribution in [-0.4, -0.2) is 123 Å². The summed E-state index contributed by atoms with van der Waals surface area (Å²) in [6, 6.07) is -2.04. The van der Waals surface area contributed by atoms with Crippen molar-refractivity contribution in [3.05, 3.63) is 0 Å². The molecule has 14 nitrogen and oxygen atoms in total. The zero-order chi connectivity index (χ0) is 27.0. The van der Waals surface area contributed by atoms with Gasteiger partial charge in [0.05, 0.1) is 19.2 Å². The summed E-state index contributed by atoms with van der Waals surface area (Å²) in [5.41, 5.74) is 5.73. The number of amides is 2. The number of unbranched alkanes of at least 4 members (excludes halogenated alkanes) is 1. The Morgan fingerprint density at radius 3 is 2.34 bits per heavy atom. The van der Waals surface area contributed by atoms with E-state index >= 15 is 0 Å². The third-order valence-corrected chi connectivity index (χ3v) is 5.46. The fourth-order valence-corrected chi connectivity index (χ4v) is 3.28. The number of carboxylic acids is 1. The molecule has 1 aliphatic rings. The quantitative estimate of drug-likeness (QED) is 0.0983. The number of hydrogen-bond acceptors (Lipinski definition) is 11. The van der Waals surface area contributed by atoms with E-state index in [1.54, 1.807) is 0 Å². The van der Waals surface area contributed by atoms with E-state index in [9.17, 15) is 43.6 Å². The first-order valence-corrected chi connectivity index (χ1v) is 10.9. The number of carboxylic acid groups (broad SMARTS) is 1. The highest BCUT2D eigenvalue weighted by atomic mass is 19.3. The average molecular weight is 516 g/mol. The van der Waals surface area contributed by atoms with Crippen molar-refractivity contribution in [2.24, 2.45) is 5.73 Å². The SMILES string of the molecule is C[C@H](NC(=O)[C@@H](N)CCCCNCC(F)(F)C1(O)O[C@H](CO)[C@H](O)[C@H](O)[C@H]1O)C(=O)NCC(=O)O. The number of ether oxygens (including phenoxy) is 1. The molecule has 0 bridgehead atoms. The number of alkyl halides is 2. The number of nitrogens with one attached hydrogen (secondary N) is 3. The lowest BCUT2D eigenvalue weighted by molar-refractivity contribution is -0.409. The molecule has 35 heavy (non-hydrogen) atoms. The molecule has 11 N–H and O–H groups in total. The van der Waals surface area contributed by atoms with E-state index < -0.39 is 85.7 Å². The minimum atomic E-state index is -4.13. The Labute approximate surface area is 199 Å². The zero-order valence-corrected chi connectivity index (χ0v) is 19.1. The summed E-state index contributed by atoms with van der Waals surface area (Å²) in [6.45, 7) is -1.45. The first kappa shape index (κ1) is 31.0. The Morgan fingerprint density at radius 2 is 1.77 bits per heavy atom. The molecule has 0 aliphatic carbocycles. The lowest BCUT2D eigenvalue weighted by Crippen LogP contribution is -2.72. The summed E-state index contributed by atoms with van der Waals surface area (Å²) in [5.74, 6) is -10.3. The second-order valence-corrected chi connectivity index (χ2v) is 8.29. The van der Waals surface area contributed by atoms with Gasteiger partial charge in [-0.2, -0.15) is 8.78 Å². The Balaban J connectivity index is 2.41. The molecule has 0 spiro atoms. The molecule has 1 rings (SSSR count). The molecule has 0 saturated carbocycles. The Morgan fingerprint density at radius 1 is 1.14 bits per heavy atom. The Bertz CT molecular complexity index is 732. The van der Waals surface area contributed by atoms with Gasteiger partial charge >= 0.3 is 11.9 Å². The third kappa shape index (κ3) is 8.25. The van der Waals surface area contributed by atoms with Crippen LogP contribution in [0.15, 0.2) is 0 Å². The first-order valence-electron chi connectivity index (χ1n) is 10.9. The Kier molecular flexibility index (Phi) is 11.8. The zero-order valence-electron chi connectivity index (χ0n) is 19.1. The number of nitrogens with two attached hydrogens (primary N) is 1. The molecule has 204 valence electrons. The average Bonchev–Trinajstić information content (AvgIpc) is 2.79. The van der Waals surface area contributed by atoms with E-state index in [1.807, 2.05) is 0 Å². The van der Waals surface area contributed by atoms with E-state index in [4.69, 9.17) is 15.9 Å². The van der Waals surface area contributed by atoms with Gasteiger partial charge in [-0.25, -0.2) is 0 Å². The highest BCUT2D eigenvalue weighted by Gasteiger charge is 2.65. The number of hydrogen-bond donors (Lipinski definition) is 10. The lowest BCUT2D eigenvalue weighted by atomic mass is 9.88. The molecule has 7 atom stereocenters. The van der Waals surface area contributed by atoms with Crippen molar-refractivity contribution in [3.63, 3.8) is 0 Å². The Hall–Kier alpha value is -2.05. The second-order valence-electron chi connectivity index (χ2n) is 8.29. The van der Waals surface area contributed by atoms with Crippen molar-refractivity contribution in [1.82, 2.24) is 16.0 Å². The van der Waals surface area contributed by atoms with Gasteiger partial charge in [-0.15, -0.1) is 0 Å². The van der Waals surface area contributed by atoms with Crippen molar-refractivity contribution in [2.75, 3.05) is 26.2 Å². The van der Waals surface area contributed by atoms with Gasteiger partial charge in [-0.05, 0) is 26.3 Å². The minimum absolute atomic E-state index is 0.0152. The number of aliphatic hydroxyl groups excluding tert-OH is 4. The second kappa shape index (κ2) is 13.3. The molecule has 16 heteroatoms. The molecule has 1 heterocycles. The van der Waals surface area contributed by atoms with Crippen molar-refractivity contribution in [2.45, 2.75) is 74.4 Å². The molecule has 1 aliphatic heterocycles. The summed E-state index contributed by atoms with van der Waals surface area (Å²) >= 11 is 0. The topological polar surface area (TPSA) is 244 Å². The first-order chi connectivity index (χ1) is 16.2. The molecule has 1 saturated heterocycles. The van der Waals surface area contributed by atoms with Gasteiger partial charge in [-0.3, -0.25) is 14.4 Å². The summed E-state index contributed by atoms with van der Waals surface area (Å²) < 4.78 is 33.8. The largest absolute Gasteiger partial charge is 0.480 e. The van der Waals surface area contributed by atoms with Crippen LogP contribution in [0.1, 0.15) is 26.2 Å². The summed E-state index contributed by atoms with van der Waals surface area (Å²) in [4.78, 5) is 34.1. The highest BCUT2D eigenvalue weighted by Crippen LogP contribution is 2.39. The molecule has 1 fully saturated rings. The highest BCUT2D eigenvalue weighted by molar-refractivity contribution is 5.90. The molecule has 1 unspecified atom stereocenters. The van der Waals surface area contributed by atoms with Crippen LogP contribution < -0.4 is 21.7 Å². The maximum atomic E-state index is 14.6. The van der Waals surface area contributed by atoms with Crippen molar-refractivity contribution >= 4 is 17.8 Å². The number of rotatable bonds is 14. The number of halogens is 2. The summed E-state index contributed by atoms with van der Waals surface area (Å²) in [5, 5.41) is 63.8. The van der Waals surface area contributed by atoms with E-state index in [0.29, 0.717) is 6.42 Å². The van der Waals surface area contributed by atoms with Crippen LogP contribution in [0.25, 0.3) is 0 Å². The summed E-state index contributed by atoms with van der Waals surface area (Å²) in [7, 11) is 0. The molecular weight excluding hydrogens is 482 g/mol. The van der Waals surface area contributed by atoms with Gasteiger partial charge in [0.25, 0.3) is 5.79 Å². The van der Waals surface area contributed by atoms with Crippen molar-refractivity contribution < 1.29 is 58.5 Å². The molecule has 0 radical (unpaired) electrons. The lowest BCUT2D eigenvalue weighted by Gasteiger charge is -2.48. The maximum absolute atomic E-state index is 14.6. The number of aliphatic hydroxyl groups is 5. The predicted molar refractivity (Wildman–Crippen MR) is 113 cm³/mol. The van der Waals surface area contributed by atoms with Gasteiger partial charge in [0.2, 0.25) is 11.8 Å². The fraction of sp³-hybridized carbons (Fsp3) is 0.842. The van der Waals surface area contributed by atoms with Gasteiger partial charge < -0.3 is 57.1 Å². The number of carbonyl (C=O) groups excluding carboxylic acids is 2. The molecule has 0 aromatic rings. The monoisotopic (exact) mass is 516 g/mol. The van der Waals surface area contributed by atoms with Crippen LogP contribution in [0, 0.1) is 0 Å². The normalized spacial score (nSPS) is 28.7. The molecule has 0 aromatic heterocycles. The fourth-order valence-electron chi connectivity index (χ4n) is 3.28. The predicted octanol–water partition coefficient (Wildman–Crippen LogP) is -4.42. The van der Waals surface area contributed by atoms with Gasteiger partial charge in [0, 0.05) is 0 Å². The number of carbonyl (C=O) groups is 3. The van der Waals surface area contributed by atoms with Gasteiger partial charge in [-0.1, -0.05) is 6.42 Å². The van der Waals surface area contributed by atoms with E-state index in [-0.39, 0.29) is 19.4 Å². The van der Waals surface area contributed by atoms with Crippen LogP contribution in [0.5, 0.6) is 0 Å². The standard InChI is InChI=1S/C19H34F2N4O10/c1-9(16(32)24-6-12(27)28)25-17(33)10(22)4-2-3-5-23-8-18(20,21)19(34)15(31)14(30)13(29)11(7-26)35-19/h9-11,13-15,23,26,29-31,34H,2-8,22H2,1H3,(H,24,32)(H,25,33)(H,27,28)/t9-,10-,11+,13-,14-,15+,19?/m0/s1. The van der Waals surface area contributed by atoms with E-state index in [2.05, 4.69) is 20.7 Å². The van der Waals surface area contributed by atoms with Crippen LogP contribution in [0.2, 0.25) is 0 Å². The molecular formula is C19H34F2N4O10. The van der Waals surface area contributed by atoms with Crippen LogP contribution in [-0.2, 0) is 19.1 Å². The summed E-state index contributed by atoms with van der Waals surface area (Å²) in [6.07, 6.45) is -7.65. The van der Waals surface area contributed by atoms with Gasteiger partial charge in [0.1, 0.15) is 37.0 Å². The van der Waals surface area contributed by atoms with Crippen LogP contribution in [0.3, 0.4) is 0 Å². The smallest absolute Gasteiger partial charge is 0.322 e. The third-order valence-electron chi connectivity index (χ3n) is 5.46. The molecule has 0 aromatic carbocycles.